The largest absolute Gasteiger partial charge is 0.372 e. The SMILES string of the molecule is [C-]#[N+][C@H](C)CC1CC[C@@H]2O[C@@H](CCC)C[C@]2(CI)O1. The van der Waals surface area contributed by atoms with Gasteiger partial charge in [-0.1, -0.05) is 35.9 Å². The lowest BCUT2D eigenvalue weighted by atomic mass is 9.86. The minimum absolute atomic E-state index is 0.0709. The van der Waals surface area contributed by atoms with Crippen molar-refractivity contribution in [3.63, 3.8) is 0 Å². The van der Waals surface area contributed by atoms with E-state index >= 15 is 0 Å². The van der Waals surface area contributed by atoms with Gasteiger partial charge in [-0.25, -0.2) is 6.57 Å². The molecule has 0 saturated carbocycles. The van der Waals surface area contributed by atoms with Gasteiger partial charge in [0.05, 0.1) is 18.3 Å². The molecule has 0 aliphatic carbocycles. The summed E-state index contributed by atoms with van der Waals surface area (Å²) >= 11 is 2.44. The quantitative estimate of drug-likeness (QED) is 0.411. The van der Waals surface area contributed by atoms with Gasteiger partial charge in [0.2, 0.25) is 6.04 Å². The molecule has 2 heterocycles. The lowest BCUT2D eigenvalue weighted by Gasteiger charge is -2.41. The highest BCUT2D eigenvalue weighted by Gasteiger charge is 2.52. The van der Waals surface area contributed by atoms with Crippen LogP contribution in [0.15, 0.2) is 0 Å². The maximum absolute atomic E-state index is 7.10. The fourth-order valence-corrected chi connectivity index (χ4v) is 4.35. The topological polar surface area (TPSA) is 22.8 Å². The smallest absolute Gasteiger partial charge is 0.223 e. The Bertz CT molecular complexity index is 344. The lowest BCUT2D eigenvalue weighted by Crippen LogP contribution is -2.50. The molecule has 2 aliphatic heterocycles. The zero-order valence-electron chi connectivity index (χ0n) is 11.9. The Labute approximate surface area is 130 Å². The molecule has 1 unspecified atom stereocenters. The van der Waals surface area contributed by atoms with Crippen LogP contribution < -0.4 is 0 Å². The zero-order chi connectivity index (χ0) is 13.9. The van der Waals surface area contributed by atoms with E-state index in [2.05, 4.69) is 34.4 Å². The highest BCUT2D eigenvalue weighted by atomic mass is 127. The molecule has 0 spiro atoms. The number of hydrogen-bond acceptors (Lipinski definition) is 2. The van der Waals surface area contributed by atoms with Crippen LogP contribution in [-0.4, -0.2) is 34.4 Å². The first kappa shape index (κ1) is 15.5. The Morgan fingerprint density at radius 3 is 2.84 bits per heavy atom. The Kier molecular flexibility index (Phi) is 5.50. The van der Waals surface area contributed by atoms with Crippen molar-refractivity contribution in [3.8, 4) is 0 Å². The van der Waals surface area contributed by atoms with Crippen LogP contribution >= 0.6 is 22.6 Å². The molecule has 2 aliphatic rings. The first-order valence-electron chi connectivity index (χ1n) is 7.39. The van der Waals surface area contributed by atoms with Gasteiger partial charge in [-0.15, -0.1) is 0 Å². The Morgan fingerprint density at radius 1 is 1.42 bits per heavy atom. The number of ether oxygens (including phenoxy) is 2. The van der Waals surface area contributed by atoms with E-state index in [0.717, 1.165) is 36.5 Å². The van der Waals surface area contributed by atoms with Gasteiger partial charge in [0.25, 0.3) is 0 Å². The first-order valence-corrected chi connectivity index (χ1v) is 8.92. The van der Waals surface area contributed by atoms with Gasteiger partial charge >= 0.3 is 0 Å². The van der Waals surface area contributed by atoms with Crippen molar-refractivity contribution in [1.82, 2.24) is 0 Å². The van der Waals surface area contributed by atoms with E-state index in [1.807, 2.05) is 6.92 Å². The van der Waals surface area contributed by atoms with E-state index in [-0.39, 0.29) is 23.9 Å². The van der Waals surface area contributed by atoms with Gasteiger partial charge in [-0.2, -0.15) is 0 Å². The summed E-state index contributed by atoms with van der Waals surface area (Å²) < 4.78 is 13.6. The van der Waals surface area contributed by atoms with E-state index in [9.17, 15) is 0 Å². The van der Waals surface area contributed by atoms with E-state index < -0.39 is 0 Å². The molecule has 0 amide bonds. The highest BCUT2D eigenvalue weighted by Crippen LogP contribution is 2.44. The molecule has 0 bridgehead atoms. The minimum atomic E-state index is -0.0783. The summed E-state index contributed by atoms with van der Waals surface area (Å²) in [7, 11) is 0. The molecule has 0 radical (unpaired) electrons. The van der Waals surface area contributed by atoms with Gasteiger partial charge in [-0.05, 0) is 19.3 Å². The molecule has 4 heteroatoms. The lowest BCUT2D eigenvalue weighted by molar-refractivity contribution is -0.153. The average molecular weight is 377 g/mol. The molecule has 0 N–H and O–H groups in total. The molecular formula is C15H24INO2. The molecule has 2 saturated heterocycles. The number of hydrogen-bond donors (Lipinski definition) is 0. The second-order valence-corrected chi connectivity index (χ2v) is 6.73. The number of alkyl halides is 1. The first-order chi connectivity index (χ1) is 9.13. The Hall–Kier alpha value is 0.140. The van der Waals surface area contributed by atoms with Crippen LogP contribution in [0, 0.1) is 6.57 Å². The number of halogens is 1. The third-order valence-electron chi connectivity index (χ3n) is 4.33. The van der Waals surface area contributed by atoms with E-state index in [1.165, 1.54) is 6.42 Å². The molecule has 0 aromatic carbocycles. The second-order valence-electron chi connectivity index (χ2n) is 5.97. The van der Waals surface area contributed by atoms with Crippen molar-refractivity contribution < 1.29 is 9.47 Å². The van der Waals surface area contributed by atoms with E-state index in [1.54, 1.807) is 0 Å². The van der Waals surface area contributed by atoms with Crippen molar-refractivity contribution in [2.45, 2.75) is 82.3 Å². The standard InChI is InChI=1S/C15H24INO2/c1-4-5-13-9-15(10-16)14(18-13)7-6-12(19-15)8-11(2)17-3/h11-14H,4-10H2,1-2H3/t11-,12?,13+,14+,15-/m1/s1. The maximum Gasteiger partial charge on any atom is 0.223 e. The molecule has 0 aromatic heterocycles. The summed E-state index contributed by atoms with van der Waals surface area (Å²) in [6, 6.07) is 0.0709. The summed E-state index contributed by atoms with van der Waals surface area (Å²) in [4.78, 5) is 3.60. The normalized spacial score (nSPS) is 39.6. The molecule has 5 atom stereocenters. The summed E-state index contributed by atoms with van der Waals surface area (Å²) in [5.74, 6) is 0. The summed E-state index contributed by atoms with van der Waals surface area (Å²) in [6.45, 7) is 11.3. The summed E-state index contributed by atoms with van der Waals surface area (Å²) in [6.07, 6.45) is 7.26. The van der Waals surface area contributed by atoms with Gasteiger partial charge in [0.15, 0.2) is 0 Å². The van der Waals surface area contributed by atoms with Gasteiger partial charge in [0, 0.05) is 24.2 Å². The predicted molar refractivity (Wildman–Crippen MR) is 84.6 cm³/mol. The highest BCUT2D eigenvalue weighted by molar-refractivity contribution is 14.1. The van der Waals surface area contributed by atoms with Crippen molar-refractivity contribution >= 4 is 22.6 Å². The van der Waals surface area contributed by atoms with Crippen molar-refractivity contribution in [2.24, 2.45) is 0 Å². The molecule has 2 rings (SSSR count). The van der Waals surface area contributed by atoms with Crippen LogP contribution in [-0.2, 0) is 9.47 Å². The fraction of sp³-hybridized carbons (Fsp3) is 0.933. The molecule has 19 heavy (non-hydrogen) atoms. The zero-order valence-corrected chi connectivity index (χ0v) is 14.1. The van der Waals surface area contributed by atoms with Gasteiger partial charge in [0.1, 0.15) is 5.60 Å². The number of fused-ring (bicyclic) bond motifs is 1. The van der Waals surface area contributed by atoms with Crippen LogP contribution in [0.4, 0.5) is 0 Å². The van der Waals surface area contributed by atoms with Crippen molar-refractivity contribution in [2.75, 3.05) is 4.43 Å². The van der Waals surface area contributed by atoms with E-state index in [0.29, 0.717) is 6.10 Å². The van der Waals surface area contributed by atoms with Crippen LogP contribution in [0.3, 0.4) is 0 Å². The summed E-state index contributed by atoms with van der Waals surface area (Å²) in [5.41, 5.74) is -0.0783. The van der Waals surface area contributed by atoms with Crippen LogP contribution in [0.1, 0.15) is 52.4 Å². The van der Waals surface area contributed by atoms with Crippen molar-refractivity contribution in [3.05, 3.63) is 11.4 Å². The molecule has 3 nitrogen and oxygen atoms in total. The van der Waals surface area contributed by atoms with Gasteiger partial charge < -0.3 is 14.3 Å². The Balaban J connectivity index is 2.00. The van der Waals surface area contributed by atoms with E-state index in [4.69, 9.17) is 16.0 Å². The minimum Gasteiger partial charge on any atom is -0.372 e. The third-order valence-corrected chi connectivity index (χ3v) is 5.62. The van der Waals surface area contributed by atoms with Crippen LogP contribution in [0.25, 0.3) is 4.85 Å². The molecular weight excluding hydrogens is 353 g/mol. The average Bonchev–Trinajstić information content (AvgIpc) is 2.77. The second kappa shape index (κ2) is 6.73. The predicted octanol–water partition coefficient (Wildman–Crippen LogP) is 3.99. The van der Waals surface area contributed by atoms with Gasteiger partial charge in [-0.3, -0.25) is 0 Å². The number of rotatable bonds is 5. The molecule has 108 valence electrons. The van der Waals surface area contributed by atoms with Crippen LogP contribution in [0.5, 0.6) is 0 Å². The Morgan fingerprint density at radius 2 is 2.21 bits per heavy atom. The summed E-state index contributed by atoms with van der Waals surface area (Å²) in [5, 5.41) is 0. The third kappa shape index (κ3) is 3.43. The number of nitrogens with zero attached hydrogens (tertiary/aromatic N) is 1. The fourth-order valence-electron chi connectivity index (χ4n) is 3.37. The monoisotopic (exact) mass is 377 g/mol. The van der Waals surface area contributed by atoms with Crippen LogP contribution in [0.2, 0.25) is 0 Å². The molecule has 0 aromatic rings. The molecule has 2 fully saturated rings. The van der Waals surface area contributed by atoms with Crippen molar-refractivity contribution in [1.29, 1.82) is 0 Å². The maximum atomic E-state index is 7.10.